The second-order valence-corrected chi connectivity index (χ2v) is 9.24. The van der Waals surface area contributed by atoms with Gasteiger partial charge in [-0.25, -0.2) is 0 Å². The molecular weight excluding hydrogens is 386 g/mol. The molecule has 5 nitrogen and oxygen atoms in total. The van der Waals surface area contributed by atoms with Crippen LogP contribution < -0.4 is 0 Å². The lowest BCUT2D eigenvalue weighted by molar-refractivity contribution is 0.0455. The highest BCUT2D eigenvalue weighted by molar-refractivity contribution is 5.95. The minimum absolute atomic E-state index is 0.0788. The van der Waals surface area contributed by atoms with Crippen LogP contribution in [-0.4, -0.2) is 65.3 Å². The van der Waals surface area contributed by atoms with Gasteiger partial charge in [0.1, 0.15) is 0 Å². The van der Waals surface area contributed by atoms with Gasteiger partial charge in [-0.3, -0.25) is 14.5 Å². The lowest BCUT2D eigenvalue weighted by atomic mass is 9.91. The summed E-state index contributed by atoms with van der Waals surface area (Å²) in [5, 5.41) is 0. The Morgan fingerprint density at radius 2 is 1.45 bits per heavy atom. The SMILES string of the molecule is Cc1ccc(C(=O)N2CCc3cc(C(=O)N4CCN(C5CCC5)CC4)ccc3C2)cc1. The maximum absolute atomic E-state index is 13.1. The zero-order valence-corrected chi connectivity index (χ0v) is 18.3. The number of carbonyl (C=O) groups excluding carboxylic acids is 2. The predicted molar refractivity (Wildman–Crippen MR) is 121 cm³/mol. The van der Waals surface area contributed by atoms with Crippen LogP contribution in [0.25, 0.3) is 0 Å². The van der Waals surface area contributed by atoms with E-state index in [0.29, 0.717) is 13.1 Å². The number of rotatable bonds is 3. The van der Waals surface area contributed by atoms with Crippen molar-refractivity contribution >= 4 is 11.8 Å². The van der Waals surface area contributed by atoms with Crippen LogP contribution in [0.3, 0.4) is 0 Å². The Labute approximate surface area is 184 Å². The van der Waals surface area contributed by atoms with Gasteiger partial charge in [0, 0.05) is 56.4 Å². The molecule has 0 aromatic heterocycles. The summed E-state index contributed by atoms with van der Waals surface area (Å²) in [4.78, 5) is 32.4. The third-order valence-electron chi connectivity index (χ3n) is 7.24. The molecular formula is C26H31N3O2. The van der Waals surface area contributed by atoms with Gasteiger partial charge in [-0.15, -0.1) is 0 Å². The van der Waals surface area contributed by atoms with Crippen LogP contribution in [0.4, 0.5) is 0 Å². The summed E-state index contributed by atoms with van der Waals surface area (Å²) in [6.45, 7) is 6.97. The molecule has 2 aromatic carbocycles. The molecule has 0 N–H and O–H groups in total. The summed E-state index contributed by atoms with van der Waals surface area (Å²) in [6, 6.07) is 14.6. The molecule has 5 heteroatoms. The summed E-state index contributed by atoms with van der Waals surface area (Å²) in [6.07, 6.45) is 4.79. The number of benzene rings is 2. The van der Waals surface area contributed by atoms with E-state index in [-0.39, 0.29) is 11.8 Å². The molecule has 2 aliphatic heterocycles. The molecule has 0 unspecified atom stereocenters. The molecule has 1 saturated heterocycles. The highest BCUT2D eigenvalue weighted by atomic mass is 16.2. The summed E-state index contributed by atoms with van der Waals surface area (Å²) >= 11 is 0. The van der Waals surface area contributed by atoms with Crippen LogP contribution in [0.2, 0.25) is 0 Å². The molecule has 0 bridgehead atoms. The molecule has 0 spiro atoms. The number of nitrogens with zero attached hydrogens (tertiary/aromatic N) is 3. The van der Waals surface area contributed by atoms with Crippen molar-refractivity contribution < 1.29 is 9.59 Å². The van der Waals surface area contributed by atoms with E-state index in [9.17, 15) is 9.59 Å². The van der Waals surface area contributed by atoms with Crippen LogP contribution in [0.15, 0.2) is 42.5 Å². The lowest BCUT2D eigenvalue weighted by Gasteiger charge is -2.43. The van der Waals surface area contributed by atoms with E-state index in [1.807, 2.05) is 53.1 Å². The topological polar surface area (TPSA) is 43.9 Å². The predicted octanol–water partition coefficient (Wildman–Crippen LogP) is 3.50. The van der Waals surface area contributed by atoms with Crippen molar-refractivity contribution in [2.75, 3.05) is 32.7 Å². The first kappa shape index (κ1) is 20.3. The van der Waals surface area contributed by atoms with Crippen LogP contribution >= 0.6 is 0 Å². The van der Waals surface area contributed by atoms with E-state index in [1.54, 1.807) is 0 Å². The number of amides is 2. The molecule has 31 heavy (non-hydrogen) atoms. The number of hydrogen-bond acceptors (Lipinski definition) is 3. The van der Waals surface area contributed by atoms with E-state index in [4.69, 9.17) is 0 Å². The maximum atomic E-state index is 13.1. The Kier molecular flexibility index (Phi) is 5.53. The molecule has 2 fully saturated rings. The van der Waals surface area contributed by atoms with Gasteiger partial charge in [0.2, 0.25) is 0 Å². The quantitative estimate of drug-likeness (QED) is 0.768. The van der Waals surface area contributed by atoms with E-state index < -0.39 is 0 Å². The Hall–Kier alpha value is -2.66. The van der Waals surface area contributed by atoms with Crippen LogP contribution in [0.1, 0.15) is 56.7 Å². The van der Waals surface area contributed by atoms with Crippen molar-refractivity contribution in [2.24, 2.45) is 0 Å². The molecule has 1 aliphatic carbocycles. The number of carbonyl (C=O) groups is 2. The first-order valence-corrected chi connectivity index (χ1v) is 11.6. The van der Waals surface area contributed by atoms with Crippen molar-refractivity contribution in [1.82, 2.24) is 14.7 Å². The van der Waals surface area contributed by atoms with Gasteiger partial charge in [-0.2, -0.15) is 0 Å². The Morgan fingerprint density at radius 3 is 2.13 bits per heavy atom. The average molecular weight is 418 g/mol. The Balaban J connectivity index is 1.23. The number of aryl methyl sites for hydroxylation is 1. The first-order valence-electron chi connectivity index (χ1n) is 11.6. The largest absolute Gasteiger partial charge is 0.336 e. The second-order valence-electron chi connectivity index (χ2n) is 9.24. The molecule has 0 atom stereocenters. The van der Waals surface area contributed by atoms with E-state index in [0.717, 1.165) is 60.9 Å². The Morgan fingerprint density at radius 1 is 0.774 bits per heavy atom. The van der Waals surface area contributed by atoms with Gasteiger partial charge in [0.25, 0.3) is 11.8 Å². The number of hydrogen-bond donors (Lipinski definition) is 0. The van der Waals surface area contributed by atoms with Gasteiger partial charge in [0.05, 0.1) is 0 Å². The highest BCUT2D eigenvalue weighted by Gasteiger charge is 2.30. The summed E-state index contributed by atoms with van der Waals surface area (Å²) < 4.78 is 0. The monoisotopic (exact) mass is 417 g/mol. The number of piperazine rings is 1. The van der Waals surface area contributed by atoms with Crippen LogP contribution in [0.5, 0.6) is 0 Å². The molecule has 2 heterocycles. The normalized spacial score (nSPS) is 19.6. The van der Waals surface area contributed by atoms with Gasteiger partial charge >= 0.3 is 0 Å². The average Bonchev–Trinajstić information content (AvgIpc) is 2.77. The molecule has 5 rings (SSSR count). The van der Waals surface area contributed by atoms with E-state index in [2.05, 4.69) is 11.0 Å². The first-order chi connectivity index (χ1) is 15.1. The molecule has 1 saturated carbocycles. The fourth-order valence-electron chi connectivity index (χ4n) is 4.96. The summed E-state index contributed by atoms with van der Waals surface area (Å²) in [5.41, 5.74) is 5.03. The molecule has 162 valence electrons. The zero-order valence-electron chi connectivity index (χ0n) is 18.3. The molecule has 2 amide bonds. The third kappa shape index (κ3) is 4.11. The van der Waals surface area contributed by atoms with Gasteiger partial charge in [-0.05, 0) is 61.6 Å². The summed E-state index contributed by atoms with van der Waals surface area (Å²) in [7, 11) is 0. The van der Waals surface area contributed by atoms with Crippen molar-refractivity contribution in [2.45, 2.75) is 45.2 Å². The number of fused-ring (bicyclic) bond motifs is 1. The molecule has 0 radical (unpaired) electrons. The highest BCUT2D eigenvalue weighted by Crippen LogP contribution is 2.26. The second kappa shape index (κ2) is 8.46. The maximum Gasteiger partial charge on any atom is 0.254 e. The minimum atomic E-state index is 0.0788. The summed E-state index contributed by atoms with van der Waals surface area (Å²) in [5.74, 6) is 0.226. The van der Waals surface area contributed by atoms with Crippen molar-refractivity contribution in [3.05, 3.63) is 70.3 Å². The van der Waals surface area contributed by atoms with Crippen molar-refractivity contribution in [3.8, 4) is 0 Å². The van der Waals surface area contributed by atoms with Crippen LogP contribution in [-0.2, 0) is 13.0 Å². The van der Waals surface area contributed by atoms with E-state index >= 15 is 0 Å². The van der Waals surface area contributed by atoms with E-state index in [1.165, 1.54) is 24.8 Å². The van der Waals surface area contributed by atoms with Gasteiger partial charge in [0.15, 0.2) is 0 Å². The fraction of sp³-hybridized carbons (Fsp3) is 0.462. The van der Waals surface area contributed by atoms with Crippen molar-refractivity contribution in [1.29, 1.82) is 0 Å². The smallest absolute Gasteiger partial charge is 0.254 e. The third-order valence-corrected chi connectivity index (χ3v) is 7.24. The lowest BCUT2D eigenvalue weighted by Crippen LogP contribution is -2.53. The van der Waals surface area contributed by atoms with Crippen molar-refractivity contribution in [3.63, 3.8) is 0 Å². The van der Waals surface area contributed by atoms with Gasteiger partial charge in [-0.1, -0.05) is 30.2 Å². The van der Waals surface area contributed by atoms with Crippen LogP contribution in [0, 0.1) is 6.92 Å². The fourth-order valence-corrected chi connectivity index (χ4v) is 4.96. The zero-order chi connectivity index (χ0) is 21.4. The minimum Gasteiger partial charge on any atom is -0.336 e. The molecule has 2 aromatic rings. The standard InChI is InChI=1S/C26H31N3O2/c1-19-5-7-20(8-6-19)25(30)29-12-11-21-17-22(9-10-23(21)18-29)26(31)28-15-13-27(14-16-28)24-3-2-4-24/h5-10,17,24H,2-4,11-16,18H2,1H3. The Bertz CT molecular complexity index is 973. The van der Waals surface area contributed by atoms with Gasteiger partial charge < -0.3 is 9.80 Å². The molecule has 3 aliphatic rings.